The smallest absolute Gasteiger partial charge is 0.248 e. The molecule has 27 heavy (non-hydrogen) atoms. The zero-order chi connectivity index (χ0) is 19.1. The minimum Gasteiger partial charge on any atom is -0.490 e. The van der Waals surface area contributed by atoms with Gasteiger partial charge in [-0.25, -0.2) is 21.9 Å². The molecule has 2 aromatic carbocycles. The summed E-state index contributed by atoms with van der Waals surface area (Å²) in [5, 5.41) is 0. The van der Waals surface area contributed by atoms with E-state index in [4.69, 9.17) is 4.74 Å². The number of ether oxygens (including phenoxy) is 1. The number of alkyl halides is 2. The third kappa shape index (κ3) is 4.14. The van der Waals surface area contributed by atoms with Crippen LogP contribution in [0.1, 0.15) is 36.8 Å². The first kappa shape index (κ1) is 18.4. The molecule has 144 valence electrons. The summed E-state index contributed by atoms with van der Waals surface area (Å²) in [6.07, 6.45) is 0.261. The Hall–Kier alpha value is -1.99. The van der Waals surface area contributed by atoms with Crippen molar-refractivity contribution in [1.29, 1.82) is 0 Å². The van der Waals surface area contributed by atoms with Crippen LogP contribution in [0.4, 0.5) is 8.78 Å². The summed E-state index contributed by atoms with van der Waals surface area (Å²) < 4.78 is 58.8. The third-order valence-electron chi connectivity index (χ3n) is 5.22. The van der Waals surface area contributed by atoms with Crippen molar-refractivity contribution in [2.45, 2.75) is 50.0 Å². The minimum atomic E-state index is -3.30. The van der Waals surface area contributed by atoms with Crippen LogP contribution in [0.2, 0.25) is 0 Å². The fourth-order valence-corrected chi connectivity index (χ4v) is 4.91. The molecule has 0 atom stereocenters. The highest BCUT2D eigenvalue weighted by molar-refractivity contribution is 7.88. The van der Waals surface area contributed by atoms with Crippen molar-refractivity contribution in [2.75, 3.05) is 0 Å². The summed E-state index contributed by atoms with van der Waals surface area (Å²) >= 11 is 0. The van der Waals surface area contributed by atoms with E-state index < -0.39 is 15.9 Å². The van der Waals surface area contributed by atoms with Crippen LogP contribution in [0.3, 0.4) is 0 Å². The molecule has 1 aliphatic carbocycles. The SMILES string of the molecule is O=S1(=O)Cc2c(cccc2-c2ccc(OC3CCC(F)(F)CC3)cc2)CN1. The second-order valence-electron chi connectivity index (χ2n) is 7.22. The average molecular weight is 393 g/mol. The molecule has 1 aliphatic heterocycles. The van der Waals surface area contributed by atoms with Gasteiger partial charge in [-0.1, -0.05) is 30.3 Å². The van der Waals surface area contributed by atoms with E-state index in [0.717, 1.165) is 22.3 Å². The molecule has 0 radical (unpaired) electrons. The van der Waals surface area contributed by atoms with Gasteiger partial charge in [0, 0.05) is 19.4 Å². The lowest BCUT2D eigenvalue weighted by Crippen LogP contribution is -2.30. The average Bonchev–Trinajstić information content (AvgIpc) is 2.63. The molecule has 4 rings (SSSR count). The lowest BCUT2D eigenvalue weighted by atomic mass is 9.94. The molecule has 0 amide bonds. The Balaban J connectivity index is 1.52. The number of sulfonamides is 1. The van der Waals surface area contributed by atoms with Gasteiger partial charge in [0.15, 0.2) is 0 Å². The van der Waals surface area contributed by atoms with Crippen LogP contribution in [-0.4, -0.2) is 20.4 Å². The molecule has 0 saturated heterocycles. The van der Waals surface area contributed by atoms with Crippen LogP contribution in [0.15, 0.2) is 42.5 Å². The van der Waals surface area contributed by atoms with Crippen LogP contribution >= 0.6 is 0 Å². The maximum Gasteiger partial charge on any atom is 0.248 e. The van der Waals surface area contributed by atoms with Gasteiger partial charge in [0.25, 0.3) is 0 Å². The van der Waals surface area contributed by atoms with Crippen molar-refractivity contribution < 1.29 is 21.9 Å². The van der Waals surface area contributed by atoms with Crippen molar-refractivity contribution in [2.24, 2.45) is 0 Å². The normalized spacial score (nSPS) is 21.4. The molecular formula is C20H21F2NO3S. The molecule has 0 spiro atoms. The zero-order valence-electron chi connectivity index (χ0n) is 14.8. The largest absolute Gasteiger partial charge is 0.490 e. The first-order chi connectivity index (χ1) is 12.8. The van der Waals surface area contributed by atoms with Crippen molar-refractivity contribution >= 4 is 10.0 Å². The second-order valence-corrected chi connectivity index (χ2v) is 9.03. The lowest BCUT2D eigenvalue weighted by molar-refractivity contribution is -0.0582. The van der Waals surface area contributed by atoms with Crippen LogP contribution in [-0.2, 0) is 22.3 Å². The monoisotopic (exact) mass is 393 g/mol. The Morgan fingerprint density at radius 3 is 2.44 bits per heavy atom. The number of hydrogen-bond acceptors (Lipinski definition) is 3. The Morgan fingerprint density at radius 2 is 1.74 bits per heavy atom. The number of halogens is 2. The highest BCUT2D eigenvalue weighted by Crippen LogP contribution is 2.35. The molecule has 7 heteroatoms. The van der Waals surface area contributed by atoms with E-state index in [1.807, 2.05) is 42.5 Å². The highest BCUT2D eigenvalue weighted by atomic mass is 32.2. The van der Waals surface area contributed by atoms with Crippen LogP contribution in [0.25, 0.3) is 11.1 Å². The van der Waals surface area contributed by atoms with Crippen LogP contribution in [0, 0.1) is 0 Å². The van der Waals surface area contributed by atoms with Gasteiger partial charge in [-0.2, -0.15) is 0 Å². The van der Waals surface area contributed by atoms with E-state index in [1.54, 1.807) is 0 Å². The Labute approximate surface area is 157 Å². The summed E-state index contributed by atoms with van der Waals surface area (Å²) in [5.74, 6) is -1.95. The van der Waals surface area contributed by atoms with Crippen molar-refractivity contribution in [3.8, 4) is 16.9 Å². The molecule has 1 saturated carbocycles. The van der Waals surface area contributed by atoms with Crippen LogP contribution in [0.5, 0.6) is 5.75 Å². The van der Waals surface area contributed by atoms with Crippen molar-refractivity contribution in [1.82, 2.24) is 4.72 Å². The Bertz CT molecular complexity index is 932. The zero-order valence-corrected chi connectivity index (χ0v) is 15.6. The van der Waals surface area contributed by atoms with Gasteiger partial charge >= 0.3 is 0 Å². The summed E-state index contributed by atoms with van der Waals surface area (Å²) in [6.45, 7) is 0.305. The van der Waals surface area contributed by atoms with Gasteiger partial charge in [-0.05, 0) is 47.2 Å². The highest BCUT2D eigenvalue weighted by Gasteiger charge is 2.35. The minimum absolute atomic E-state index is 0.0347. The summed E-state index contributed by atoms with van der Waals surface area (Å²) in [4.78, 5) is 0. The Morgan fingerprint density at radius 1 is 1.04 bits per heavy atom. The van der Waals surface area contributed by atoms with Crippen molar-refractivity contribution in [3.63, 3.8) is 0 Å². The number of nitrogens with one attached hydrogen (secondary N) is 1. The molecule has 1 N–H and O–H groups in total. The van der Waals surface area contributed by atoms with Gasteiger partial charge in [0.05, 0.1) is 11.9 Å². The van der Waals surface area contributed by atoms with E-state index in [-0.39, 0.29) is 24.7 Å². The number of fused-ring (bicyclic) bond motifs is 1. The summed E-state index contributed by atoms with van der Waals surface area (Å²) in [5.41, 5.74) is 3.60. The molecule has 2 aliphatic rings. The van der Waals surface area contributed by atoms with E-state index >= 15 is 0 Å². The standard InChI is InChI=1S/C20H21F2NO3S/c21-20(22)10-8-17(9-11-20)26-16-6-4-14(5-7-16)18-3-1-2-15-12-23-27(24,25)13-19(15)18/h1-7,17,23H,8-13H2. The number of rotatable bonds is 3. The van der Waals surface area contributed by atoms with E-state index in [0.29, 0.717) is 25.1 Å². The van der Waals surface area contributed by atoms with Gasteiger partial charge in [0.2, 0.25) is 15.9 Å². The quantitative estimate of drug-likeness (QED) is 0.849. The number of benzene rings is 2. The molecule has 0 aromatic heterocycles. The molecule has 0 bridgehead atoms. The second kappa shape index (κ2) is 6.87. The van der Waals surface area contributed by atoms with Gasteiger partial charge in [-0.3, -0.25) is 0 Å². The maximum atomic E-state index is 13.2. The molecule has 4 nitrogen and oxygen atoms in total. The van der Waals surface area contributed by atoms with Crippen molar-refractivity contribution in [3.05, 3.63) is 53.6 Å². The van der Waals surface area contributed by atoms with E-state index in [2.05, 4.69) is 4.72 Å². The fourth-order valence-electron chi connectivity index (χ4n) is 3.71. The molecule has 0 unspecified atom stereocenters. The summed E-state index contributed by atoms with van der Waals surface area (Å²) in [6, 6.07) is 13.2. The van der Waals surface area contributed by atoms with Gasteiger partial charge in [-0.15, -0.1) is 0 Å². The first-order valence-corrected chi connectivity index (χ1v) is 10.7. The lowest BCUT2D eigenvalue weighted by Gasteiger charge is -2.28. The van der Waals surface area contributed by atoms with Gasteiger partial charge < -0.3 is 4.74 Å². The molecule has 2 aromatic rings. The maximum absolute atomic E-state index is 13.2. The first-order valence-electron chi connectivity index (χ1n) is 9.04. The number of hydrogen-bond donors (Lipinski definition) is 1. The predicted octanol–water partition coefficient (Wildman–Crippen LogP) is 4.24. The molecular weight excluding hydrogens is 372 g/mol. The predicted molar refractivity (Wildman–Crippen MR) is 99.2 cm³/mol. The Kier molecular flexibility index (Phi) is 4.68. The fraction of sp³-hybridized carbons (Fsp3) is 0.400. The van der Waals surface area contributed by atoms with Gasteiger partial charge in [0.1, 0.15) is 5.75 Å². The third-order valence-corrected chi connectivity index (χ3v) is 6.48. The van der Waals surface area contributed by atoms with E-state index in [9.17, 15) is 17.2 Å². The molecule has 1 fully saturated rings. The van der Waals surface area contributed by atoms with Crippen LogP contribution < -0.4 is 9.46 Å². The topological polar surface area (TPSA) is 55.4 Å². The summed E-state index contributed by atoms with van der Waals surface area (Å²) in [7, 11) is -3.30. The van der Waals surface area contributed by atoms with E-state index in [1.165, 1.54) is 0 Å². The molecule has 1 heterocycles.